The van der Waals surface area contributed by atoms with Crippen molar-refractivity contribution < 1.29 is 0 Å². The van der Waals surface area contributed by atoms with E-state index in [-0.39, 0.29) is 0 Å². The quantitative estimate of drug-likeness (QED) is 0.783. The van der Waals surface area contributed by atoms with Gasteiger partial charge in [0.15, 0.2) is 5.17 Å². The molecule has 2 aliphatic rings. The lowest BCUT2D eigenvalue weighted by Gasteiger charge is -2.04. The van der Waals surface area contributed by atoms with Gasteiger partial charge in [-0.05, 0) is 23.7 Å². The molecule has 1 heterocycles. The largest absolute Gasteiger partial charge is 0.362 e. The summed E-state index contributed by atoms with van der Waals surface area (Å²) < 4.78 is 0. The number of hydrogen-bond acceptors (Lipinski definition) is 2. The Labute approximate surface area is 97.3 Å². The molecule has 1 N–H and O–H groups in total. The second-order valence-electron chi connectivity index (χ2n) is 6.00. The van der Waals surface area contributed by atoms with E-state index in [4.69, 9.17) is 4.99 Å². The summed E-state index contributed by atoms with van der Waals surface area (Å²) in [5.41, 5.74) is 0.928. The van der Waals surface area contributed by atoms with Gasteiger partial charge in [-0.25, -0.2) is 0 Å². The van der Waals surface area contributed by atoms with Crippen LogP contribution < -0.4 is 5.32 Å². The zero-order chi connectivity index (χ0) is 11.3. The Morgan fingerprint density at radius 2 is 1.93 bits per heavy atom. The van der Waals surface area contributed by atoms with Gasteiger partial charge in [-0.15, -0.1) is 0 Å². The lowest BCUT2D eigenvalue weighted by Crippen LogP contribution is -2.23. The second kappa shape index (κ2) is 3.41. The van der Waals surface area contributed by atoms with E-state index < -0.39 is 0 Å². The van der Waals surface area contributed by atoms with Gasteiger partial charge in [-0.1, -0.05) is 39.5 Å². The normalized spacial score (nSPS) is 35.5. The van der Waals surface area contributed by atoms with Crippen LogP contribution in [-0.2, 0) is 0 Å². The van der Waals surface area contributed by atoms with Crippen LogP contribution in [-0.4, -0.2) is 23.5 Å². The van der Waals surface area contributed by atoms with Crippen LogP contribution in [0.25, 0.3) is 0 Å². The highest BCUT2D eigenvalue weighted by Crippen LogP contribution is 2.68. The zero-order valence-corrected chi connectivity index (χ0v) is 11.2. The Hall–Kier alpha value is -0.180. The number of nitrogens with zero attached hydrogens (tertiary/aromatic N) is 1. The van der Waals surface area contributed by atoms with Gasteiger partial charge >= 0.3 is 0 Å². The van der Waals surface area contributed by atoms with Crippen LogP contribution in [0.3, 0.4) is 0 Å². The molecule has 0 bridgehead atoms. The van der Waals surface area contributed by atoms with E-state index in [1.165, 1.54) is 0 Å². The molecule has 1 atom stereocenters. The maximum atomic E-state index is 4.70. The lowest BCUT2D eigenvalue weighted by molar-refractivity contribution is 0.457. The van der Waals surface area contributed by atoms with Crippen molar-refractivity contribution in [2.75, 3.05) is 12.3 Å². The smallest absolute Gasteiger partial charge is 0.156 e. The van der Waals surface area contributed by atoms with Crippen LogP contribution in [0, 0.1) is 16.7 Å². The molecule has 2 fully saturated rings. The number of nitrogens with one attached hydrogen (secondary N) is 1. The fourth-order valence-corrected chi connectivity index (χ4v) is 3.49. The van der Waals surface area contributed by atoms with Crippen LogP contribution in [0.5, 0.6) is 0 Å². The summed E-state index contributed by atoms with van der Waals surface area (Å²) >= 11 is 1.86. The zero-order valence-electron chi connectivity index (χ0n) is 10.4. The number of aliphatic imine (C=N–C) groups is 1. The summed E-state index contributed by atoms with van der Waals surface area (Å²) in [6, 6.07) is 0.592. The van der Waals surface area contributed by atoms with Gasteiger partial charge in [0.1, 0.15) is 0 Å². The molecule has 1 aliphatic heterocycles. The Morgan fingerprint density at radius 1 is 1.33 bits per heavy atom. The Morgan fingerprint density at radius 3 is 2.33 bits per heavy atom. The molecular formula is C12H22N2S. The van der Waals surface area contributed by atoms with Crippen LogP contribution >= 0.6 is 11.8 Å². The first-order valence-corrected chi connectivity index (χ1v) is 6.78. The SMILES string of the molecule is CC1CSC(=NCC2C(C)(C)C2(C)C)N1. The average Bonchev–Trinajstić information content (AvgIpc) is 2.50. The van der Waals surface area contributed by atoms with Crippen molar-refractivity contribution in [3.8, 4) is 0 Å². The number of rotatable bonds is 2. The van der Waals surface area contributed by atoms with Gasteiger partial charge in [0.05, 0.1) is 0 Å². The lowest BCUT2D eigenvalue weighted by atomic mass is 10.0. The molecule has 86 valence electrons. The maximum Gasteiger partial charge on any atom is 0.156 e. The summed E-state index contributed by atoms with van der Waals surface area (Å²) in [7, 11) is 0. The number of amidine groups is 1. The van der Waals surface area contributed by atoms with Crippen molar-refractivity contribution in [1.29, 1.82) is 0 Å². The van der Waals surface area contributed by atoms with Crippen molar-refractivity contribution in [3.05, 3.63) is 0 Å². The highest BCUT2D eigenvalue weighted by Gasteiger charge is 2.64. The predicted molar refractivity (Wildman–Crippen MR) is 68.4 cm³/mol. The summed E-state index contributed by atoms with van der Waals surface area (Å²) in [5, 5.41) is 4.56. The molecule has 0 radical (unpaired) electrons. The van der Waals surface area contributed by atoms with Crippen LogP contribution in [0.2, 0.25) is 0 Å². The molecule has 0 spiro atoms. The summed E-state index contributed by atoms with van der Waals surface area (Å²) in [4.78, 5) is 4.70. The molecule has 2 rings (SSSR count). The minimum Gasteiger partial charge on any atom is -0.362 e. The second-order valence-corrected chi connectivity index (χ2v) is 7.01. The van der Waals surface area contributed by atoms with Crippen molar-refractivity contribution in [2.24, 2.45) is 21.7 Å². The topological polar surface area (TPSA) is 24.4 Å². The van der Waals surface area contributed by atoms with E-state index in [0.29, 0.717) is 16.9 Å². The fraction of sp³-hybridized carbons (Fsp3) is 0.917. The minimum absolute atomic E-state index is 0.464. The third-order valence-corrected chi connectivity index (χ3v) is 5.76. The third kappa shape index (κ3) is 1.79. The highest BCUT2D eigenvalue weighted by molar-refractivity contribution is 8.14. The molecule has 0 aromatic rings. The van der Waals surface area contributed by atoms with E-state index in [1.54, 1.807) is 0 Å². The van der Waals surface area contributed by atoms with Crippen molar-refractivity contribution in [2.45, 2.75) is 40.7 Å². The Kier molecular flexibility index (Phi) is 2.57. The van der Waals surface area contributed by atoms with Crippen molar-refractivity contribution in [1.82, 2.24) is 5.32 Å². The first-order chi connectivity index (χ1) is 6.85. The first-order valence-electron chi connectivity index (χ1n) is 5.79. The molecule has 1 unspecified atom stereocenters. The van der Waals surface area contributed by atoms with Gasteiger partial charge in [-0.3, -0.25) is 4.99 Å². The first kappa shape index (κ1) is 11.3. The van der Waals surface area contributed by atoms with Gasteiger partial charge < -0.3 is 5.32 Å². The minimum atomic E-state index is 0.464. The van der Waals surface area contributed by atoms with E-state index in [9.17, 15) is 0 Å². The van der Waals surface area contributed by atoms with Crippen LogP contribution in [0.15, 0.2) is 4.99 Å². The van der Waals surface area contributed by atoms with Crippen molar-refractivity contribution in [3.63, 3.8) is 0 Å². The van der Waals surface area contributed by atoms with Gasteiger partial charge in [-0.2, -0.15) is 0 Å². The summed E-state index contributed by atoms with van der Waals surface area (Å²) in [6.07, 6.45) is 0. The number of thioether (sulfide) groups is 1. The third-order valence-electron chi connectivity index (χ3n) is 4.58. The number of hydrogen-bond donors (Lipinski definition) is 1. The van der Waals surface area contributed by atoms with Crippen LogP contribution in [0.4, 0.5) is 0 Å². The van der Waals surface area contributed by atoms with E-state index in [2.05, 4.69) is 39.9 Å². The predicted octanol–water partition coefficient (Wildman–Crippen LogP) is 2.75. The molecule has 2 nitrogen and oxygen atoms in total. The van der Waals surface area contributed by atoms with Crippen molar-refractivity contribution >= 4 is 16.9 Å². The van der Waals surface area contributed by atoms with Crippen LogP contribution in [0.1, 0.15) is 34.6 Å². The highest BCUT2D eigenvalue weighted by atomic mass is 32.2. The molecule has 1 saturated carbocycles. The molecule has 0 aromatic heterocycles. The standard InChI is InChI=1S/C12H22N2S/c1-8-7-15-10(14-8)13-6-9-11(2,3)12(9,4)5/h8-9H,6-7H2,1-5H3,(H,13,14). The summed E-state index contributed by atoms with van der Waals surface area (Å²) in [6.45, 7) is 12.6. The molecular weight excluding hydrogens is 204 g/mol. The molecule has 0 aromatic carbocycles. The fourth-order valence-electron chi connectivity index (χ4n) is 2.55. The molecule has 1 saturated heterocycles. The monoisotopic (exact) mass is 226 g/mol. The van der Waals surface area contributed by atoms with E-state index in [1.807, 2.05) is 11.8 Å². The molecule has 0 amide bonds. The average molecular weight is 226 g/mol. The molecule has 1 aliphatic carbocycles. The Balaban J connectivity index is 1.91. The van der Waals surface area contributed by atoms with Gasteiger partial charge in [0, 0.05) is 18.3 Å². The van der Waals surface area contributed by atoms with E-state index >= 15 is 0 Å². The Bertz CT molecular complexity index is 280. The van der Waals surface area contributed by atoms with Gasteiger partial charge in [0.2, 0.25) is 0 Å². The maximum absolute atomic E-state index is 4.70. The summed E-state index contributed by atoms with van der Waals surface area (Å²) in [5.74, 6) is 1.91. The van der Waals surface area contributed by atoms with E-state index in [0.717, 1.165) is 23.4 Å². The molecule has 15 heavy (non-hydrogen) atoms. The molecule has 3 heteroatoms. The van der Waals surface area contributed by atoms with Gasteiger partial charge in [0.25, 0.3) is 0 Å².